The first-order valence-corrected chi connectivity index (χ1v) is 30.2. The molecule has 0 atom stereocenters. The van der Waals surface area contributed by atoms with Crippen molar-refractivity contribution < 1.29 is 270 Å². The Morgan fingerprint density at radius 3 is 0.966 bits per heavy atom. The zero-order valence-corrected chi connectivity index (χ0v) is 62.8. The van der Waals surface area contributed by atoms with Crippen LogP contribution in [-0.4, -0.2) is 107 Å². The van der Waals surface area contributed by atoms with E-state index in [-0.39, 0.29) is 234 Å². The largest absolute Gasteiger partial charge is 1.00 e. The van der Waals surface area contributed by atoms with Crippen LogP contribution >= 0.6 is 0 Å². The summed E-state index contributed by atoms with van der Waals surface area (Å²) in [6, 6.07) is 19.1. The number of nitrogens with one attached hydrogen (secondary N) is 4. The fourth-order valence-electron chi connectivity index (χ4n) is 7.28. The number of anilines is 4. The number of urea groups is 1. The Bertz CT molecular complexity index is 4400. The summed E-state index contributed by atoms with van der Waals surface area (Å²) in [5.41, 5.74) is -1.15. The molecule has 4 N–H and O–H groups in total. The summed E-state index contributed by atoms with van der Waals surface area (Å²) in [4.78, 5) is 34.8. The molecule has 0 spiro atoms. The molecule has 0 aromatic heterocycles. The van der Waals surface area contributed by atoms with Crippen LogP contribution < -0.4 is 199 Å². The molecule has 0 saturated carbocycles. The van der Waals surface area contributed by atoms with Gasteiger partial charge in [0.05, 0.1) is 63.5 Å². The van der Waals surface area contributed by atoms with E-state index in [0.29, 0.717) is 24.3 Å². The van der Waals surface area contributed by atoms with Gasteiger partial charge in [-0.25, -0.2) is 55.3 Å². The molecular formula is C45H26N10Na6O21S6. The van der Waals surface area contributed by atoms with E-state index in [1.807, 2.05) is 0 Å². The summed E-state index contributed by atoms with van der Waals surface area (Å²) < 4.78 is 216. The van der Waals surface area contributed by atoms with Gasteiger partial charge in [0, 0.05) is 22.5 Å². The molecule has 2 aliphatic carbocycles. The predicted molar refractivity (Wildman–Crippen MR) is 278 cm³/mol. The van der Waals surface area contributed by atoms with Crippen molar-refractivity contribution in [2.45, 2.75) is 19.6 Å². The van der Waals surface area contributed by atoms with Crippen molar-refractivity contribution in [1.82, 2.24) is 0 Å². The van der Waals surface area contributed by atoms with E-state index in [0.717, 1.165) is 109 Å². The number of carbonyl (C=O) groups is 3. The first kappa shape index (κ1) is 81.1. The second kappa shape index (κ2) is 32.2. The minimum absolute atomic E-state index is 0. The molecule has 2 amide bonds. The van der Waals surface area contributed by atoms with Crippen LogP contribution in [0.2, 0.25) is 0 Å². The molecule has 0 heterocycles. The van der Waals surface area contributed by atoms with Gasteiger partial charge in [0.25, 0.3) is 0 Å². The molecule has 0 aliphatic heterocycles. The third kappa shape index (κ3) is 20.5. The van der Waals surface area contributed by atoms with Crippen LogP contribution in [0.25, 0.3) is 12.2 Å². The molecule has 31 nitrogen and oxygen atoms in total. The van der Waals surface area contributed by atoms with Crippen molar-refractivity contribution in [3.63, 3.8) is 0 Å². The minimum atomic E-state index is -5.58. The molecule has 0 fully saturated rings. The van der Waals surface area contributed by atoms with Gasteiger partial charge in [0.1, 0.15) is 72.1 Å². The van der Waals surface area contributed by atoms with Crippen molar-refractivity contribution in [2.75, 3.05) is 21.5 Å². The van der Waals surface area contributed by atoms with E-state index in [9.17, 15) is 92.2 Å². The molecule has 43 heteroatoms. The van der Waals surface area contributed by atoms with Crippen molar-refractivity contribution >= 4 is 147 Å². The Labute approximate surface area is 632 Å². The SMILES string of the molecule is O=C(Nc1ccc2c(c1)C=C(S(=O)(=O)[O-])C(=NNc1ccc(N=Nc3ccc(S(=O)(=O)[O-])cc3)cc1S(=O)(=O)[O-])C2=O)Nc1ccc2c(c1)C=C(S(=O)(=O)[O-])C(=NNc1ccc(N=Nc3ccc(S(=O)(=O)[O-])cc3)cc1S(=O)(=O)[O-])C2=O.[Na+].[Na+].[Na+].[Na+].[Na+].[Na+]. The third-order valence-electron chi connectivity index (χ3n) is 11.0. The summed E-state index contributed by atoms with van der Waals surface area (Å²) in [5.74, 6) is -2.44. The first-order valence-electron chi connectivity index (χ1n) is 21.8. The van der Waals surface area contributed by atoms with E-state index in [1.165, 1.54) is 0 Å². The fraction of sp³-hybridized carbons (Fsp3) is 0. The van der Waals surface area contributed by atoms with Crippen LogP contribution in [0.4, 0.5) is 50.3 Å². The molecule has 424 valence electrons. The van der Waals surface area contributed by atoms with Crippen molar-refractivity contribution in [2.24, 2.45) is 30.7 Å². The number of carbonyl (C=O) groups excluding carboxylic acids is 3. The zero-order valence-electron chi connectivity index (χ0n) is 45.9. The maximum atomic E-state index is 13.7. The van der Waals surface area contributed by atoms with Gasteiger partial charge >= 0.3 is 183 Å². The Kier molecular flexibility index (Phi) is 29.7. The van der Waals surface area contributed by atoms with Crippen molar-refractivity contribution in [3.8, 4) is 0 Å². The number of ketones is 2. The standard InChI is InChI=1S/C45H32N10O21S6.6Na/c56-43-33-13-5-27(17-23(33)19-39(81(71,72)73)41(43)54-52-35-15-7-29(21-37(35)79(65,66)67)50-48-25-1-9-31(10-2-25)77(59,60)61)46-45(58)47-28-6-14-34-24(18-28)20-40(82(74,75)76)42(44(34)57)55-53-36-16-8-30(22-38(36)80(68,69)70)51-49-26-3-11-32(12-4-26)78(62,63)64;;;;;;/h1-22,52-53H,(H2,46,47,58)(H,59,60,61)(H,62,63,64)(H,65,66,67)(H,68,69,70)(H,71,72,73)(H,74,75,76);;;;;;/q;6*+1/p-6. The predicted octanol–water partition coefficient (Wildman–Crippen LogP) is -13.1. The molecule has 88 heavy (non-hydrogen) atoms. The zero-order chi connectivity index (χ0) is 59.9. The summed E-state index contributed by atoms with van der Waals surface area (Å²) in [5, 5.41) is 27.1. The number of Topliss-reactive ketones (excluding diaryl/α,β-unsaturated/α-hetero) is 2. The van der Waals surface area contributed by atoms with Gasteiger partial charge in [-0.05, 0) is 145 Å². The third-order valence-corrected chi connectivity index (χ3v) is 16.1. The van der Waals surface area contributed by atoms with Crippen molar-refractivity contribution in [3.05, 3.63) is 153 Å². The summed E-state index contributed by atoms with van der Waals surface area (Å²) >= 11 is 0. The maximum Gasteiger partial charge on any atom is 1.00 e. The van der Waals surface area contributed by atoms with Crippen molar-refractivity contribution in [1.29, 1.82) is 0 Å². The van der Waals surface area contributed by atoms with E-state index in [1.54, 1.807) is 0 Å². The van der Waals surface area contributed by atoms with Gasteiger partial charge in [-0.3, -0.25) is 20.4 Å². The van der Waals surface area contributed by atoms with Crippen LogP contribution in [0, 0.1) is 0 Å². The van der Waals surface area contributed by atoms with Crippen LogP contribution in [0.5, 0.6) is 0 Å². The van der Waals surface area contributed by atoms with E-state index < -0.39 is 130 Å². The van der Waals surface area contributed by atoms with Gasteiger partial charge in [0.2, 0.25) is 11.6 Å². The molecular weight excluding hydrogens is 1350 g/mol. The number of fused-ring (bicyclic) bond motifs is 2. The second-order valence-electron chi connectivity index (χ2n) is 16.5. The number of amides is 2. The number of rotatable bonds is 16. The van der Waals surface area contributed by atoms with E-state index in [4.69, 9.17) is 0 Å². The summed E-state index contributed by atoms with van der Waals surface area (Å²) in [6.07, 6.45) is 1.41. The molecule has 6 aromatic carbocycles. The van der Waals surface area contributed by atoms with E-state index in [2.05, 4.69) is 52.1 Å². The van der Waals surface area contributed by atoms with Gasteiger partial charge in [-0.2, -0.15) is 30.7 Å². The Hall–Kier alpha value is -2.99. The van der Waals surface area contributed by atoms with Gasteiger partial charge in [-0.15, -0.1) is 0 Å². The number of azo groups is 2. The quantitative estimate of drug-likeness (QED) is 0.0302. The molecule has 8 rings (SSSR count). The summed E-state index contributed by atoms with van der Waals surface area (Å²) in [6.45, 7) is 0. The summed E-state index contributed by atoms with van der Waals surface area (Å²) in [7, 11) is -31.5. The number of hydrazone groups is 2. The van der Waals surface area contributed by atoms with Gasteiger partial charge in [0.15, 0.2) is 0 Å². The monoisotopic (exact) mass is 1370 g/mol. The van der Waals surface area contributed by atoms with Crippen LogP contribution in [-0.2, 0) is 60.7 Å². The maximum absolute atomic E-state index is 13.7. The van der Waals surface area contributed by atoms with E-state index >= 15 is 0 Å². The topological polar surface area (TPSA) is 517 Å². The normalized spacial score (nSPS) is 14.2. The Morgan fingerprint density at radius 2 is 0.670 bits per heavy atom. The minimum Gasteiger partial charge on any atom is -0.744 e. The number of nitrogens with zero attached hydrogens (tertiary/aromatic N) is 6. The Balaban J connectivity index is 0.00000440. The second-order valence-corrected chi connectivity index (χ2v) is 24.6. The molecule has 6 aromatic rings. The molecule has 0 bridgehead atoms. The molecule has 0 saturated heterocycles. The smallest absolute Gasteiger partial charge is 0.744 e. The van der Waals surface area contributed by atoms with Crippen LogP contribution in [0.1, 0.15) is 31.8 Å². The average molecular weight is 1370 g/mol. The molecule has 0 unspecified atom stereocenters. The van der Waals surface area contributed by atoms with Crippen LogP contribution in [0.3, 0.4) is 0 Å². The number of allylic oxidation sites excluding steroid dienone is 2. The molecule has 0 radical (unpaired) electrons. The first-order chi connectivity index (χ1) is 38.1. The van der Waals surface area contributed by atoms with Gasteiger partial charge < -0.3 is 38.0 Å². The average Bonchev–Trinajstić information content (AvgIpc) is 3.51. The molecule has 2 aliphatic rings. The van der Waals surface area contributed by atoms with Gasteiger partial charge in [-0.1, -0.05) is 0 Å². The number of benzene rings is 6. The number of hydrogen-bond donors (Lipinski definition) is 4. The Morgan fingerprint density at radius 1 is 0.364 bits per heavy atom. The number of hydrogen-bond acceptors (Lipinski definition) is 29. The fourth-order valence-corrected chi connectivity index (χ4v) is 10.8. The van der Waals surface area contributed by atoms with Crippen LogP contribution in [0.15, 0.2) is 181 Å².